The van der Waals surface area contributed by atoms with E-state index in [1.807, 2.05) is 11.4 Å². The molecule has 2 unspecified atom stereocenters. The highest BCUT2D eigenvalue weighted by molar-refractivity contribution is 7.10. The predicted octanol–water partition coefficient (Wildman–Crippen LogP) is 2.24. The van der Waals surface area contributed by atoms with Crippen LogP contribution in [0.1, 0.15) is 53.3 Å². The van der Waals surface area contributed by atoms with Gasteiger partial charge in [-0.2, -0.15) is 0 Å². The molecule has 3 rings (SSSR count). The summed E-state index contributed by atoms with van der Waals surface area (Å²) in [4.78, 5) is 13.3. The zero-order valence-corrected chi connectivity index (χ0v) is 10.6. The maximum Gasteiger partial charge on any atom is 0.252 e. The SMILES string of the molecule is NC1CC1c1cc(C(=O)NC2CCCC2)cs1. The fourth-order valence-electron chi connectivity index (χ4n) is 2.55. The Kier molecular flexibility index (Phi) is 2.92. The molecular formula is C13H18N2OS. The third-order valence-corrected chi connectivity index (χ3v) is 4.84. The highest BCUT2D eigenvalue weighted by Crippen LogP contribution is 2.41. The van der Waals surface area contributed by atoms with Crippen LogP contribution in [0.3, 0.4) is 0 Å². The van der Waals surface area contributed by atoms with Gasteiger partial charge in [-0.05, 0) is 25.3 Å². The van der Waals surface area contributed by atoms with Crippen LogP contribution < -0.4 is 11.1 Å². The molecule has 3 N–H and O–H groups in total. The Morgan fingerprint density at radius 3 is 2.76 bits per heavy atom. The van der Waals surface area contributed by atoms with E-state index in [9.17, 15) is 4.79 Å². The van der Waals surface area contributed by atoms with Crippen LogP contribution in [0, 0.1) is 0 Å². The highest BCUT2D eigenvalue weighted by Gasteiger charge is 2.36. The van der Waals surface area contributed by atoms with E-state index >= 15 is 0 Å². The van der Waals surface area contributed by atoms with Gasteiger partial charge in [-0.3, -0.25) is 4.79 Å². The van der Waals surface area contributed by atoms with Gasteiger partial charge in [-0.25, -0.2) is 0 Å². The third-order valence-electron chi connectivity index (χ3n) is 3.78. The van der Waals surface area contributed by atoms with Gasteiger partial charge in [0.15, 0.2) is 0 Å². The van der Waals surface area contributed by atoms with E-state index in [0.717, 1.165) is 24.8 Å². The van der Waals surface area contributed by atoms with E-state index in [0.29, 0.717) is 18.0 Å². The second-order valence-corrected chi connectivity index (χ2v) is 6.14. The van der Waals surface area contributed by atoms with Crippen molar-refractivity contribution < 1.29 is 4.79 Å². The Labute approximate surface area is 105 Å². The zero-order valence-electron chi connectivity index (χ0n) is 9.82. The number of hydrogen-bond donors (Lipinski definition) is 2. The summed E-state index contributed by atoms with van der Waals surface area (Å²) < 4.78 is 0. The average Bonchev–Trinajstić information content (AvgIpc) is 2.79. The molecule has 1 aromatic rings. The number of thiophene rings is 1. The van der Waals surface area contributed by atoms with Gasteiger partial charge in [0.05, 0.1) is 5.56 Å². The summed E-state index contributed by atoms with van der Waals surface area (Å²) in [6, 6.07) is 2.74. The fraction of sp³-hybridized carbons (Fsp3) is 0.615. The summed E-state index contributed by atoms with van der Waals surface area (Å²) in [6.45, 7) is 0. The first-order valence-electron chi connectivity index (χ1n) is 6.39. The topological polar surface area (TPSA) is 55.1 Å². The number of carbonyl (C=O) groups excluding carboxylic acids is 1. The third kappa shape index (κ3) is 2.38. The fourth-order valence-corrected chi connectivity index (χ4v) is 3.63. The van der Waals surface area contributed by atoms with Crippen molar-refractivity contribution in [2.45, 2.75) is 50.1 Å². The van der Waals surface area contributed by atoms with Crippen LogP contribution in [-0.4, -0.2) is 18.0 Å². The quantitative estimate of drug-likeness (QED) is 0.864. The first kappa shape index (κ1) is 11.2. The van der Waals surface area contributed by atoms with Gasteiger partial charge in [0.1, 0.15) is 0 Å². The second kappa shape index (κ2) is 4.42. The van der Waals surface area contributed by atoms with E-state index in [4.69, 9.17) is 5.73 Å². The molecule has 2 aliphatic carbocycles. The van der Waals surface area contributed by atoms with Crippen molar-refractivity contribution in [1.82, 2.24) is 5.32 Å². The maximum absolute atomic E-state index is 12.0. The van der Waals surface area contributed by atoms with Crippen LogP contribution in [0.15, 0.2) is 11.4 Å². The standard InChI is InChI=1S/C13H18N2OS/c14-11-6-10(11)12-5-8(7-17-12)13(16)15-9-3-1-2-4-9/h5,7,9-11H,1-4,6,14H2,(H,15,16). The van der Waals surface area contributed by atoms with Crippen LogP contribution in [-0.2, 0) is 0 Å². The summed E-state index contributed by atoms with van der Waals surface area (Å²) in [6.07, 6.45) is 5.84. The van der Waals surface area contributed by atoms with Crippen molar-refractivity contribution in [3.8, 4) is 0 Å². The van der Waals surface area contributed by atoms with E-state index in [1.54, 1.807) is 11.3 Å². The molecule has 92 valence electrons. The minimum atomic E-state index is 0.0913. The average molecular weight is 250 g/mol. The van der Waals surface area contributed by atoms with E-state index < -0.39 is 0 Å². The maximum atomic E-state index is 12.0. The van der Waals surface area contributed by atoms with Gasteiger partial charge >= 0.3 is 0 Å². The summed E-state index contributed by atoms with van der Waals surface area (Å²) in [5.41, 5.74) is 6.64. The second-order valence-electron chi connectivity index (χ2n) is 5.20. The Morgan fingerprint density at radius 2 is 2.12 bits per heavy atom. The molecule has 4 heteroatoms. The molecule has 0 bridgehead atoms. The molecule has 0 aromatic carbocycles. The minimum absolute atomic E-state index is 0.0913. The Hall–Kier alpha value is -0.870. The lowest BCUT2D eigenvalue weighted by molar-refractivity contribution is 0.0938. The number of hydrogen-bond acceptors (Lipinski definition) is 3. The predicted molar refractivity (Wildman–Crippen MR) is 69.4 cm³/mol. The lowest BCUT2D eigenvalue weighted by Crippen LogP contribution is -2.32. The lowest BCUT2D eigenvalue weighted by atomic mass is 10.2. The highest BCUT2D eigenvalue weighted by atomic mass is 32.1. The van der Waals surface area contributed by atoms with Crippen molar-refractivity contribution in [3.05, 3.63) is 21.9 Å². The molecular weight excluding hydrogens is 232 g/mol. The normalized spacial score (nSPS) is 28.3. The van der Waals surface area contributed by atoms with Crippen LogP contribution >= 0.6 is 11.3 Å². The molecule has 2 saturated carbocycles. The monoisotopic (exact) mass is 250 g/mol. The minimum Gasteiger partial charge on any atom is -0.349 e. The van der Waals surface area contributed by atoms with Gasteiger partial charge in [0, 0.05) is 28.3 Å². The molecule has 2 atom stereocenters. The first-order chi connectivity index (χ1) is 8.24. The molecule has 3 nitrogen and oxygen atoms in total. The van der Waals surface area contributed by atoms with Crippen LogP contribution in [0.2, 0.25) is 0 Å². The zero-order chi connectivity index (χ0) is 11.8. The molecule has 1 heterocycles. The van der Waals surface area contributed by atoms with Gasteiger partial charge in [0.25, 0.3) is 5.91 Å². The van der Waals surface area contributed by atoms with E-state index in [-0.39, 0.29) is 5.91 Å². The lowest BCUT2D eigenvalue weighted by Gasteiger charge is -2.10. The largest absolute Gasteiger partial charge is 0.349 e. The van der Waals surface area contributed by atoms with Crippen molar-refractivity contribution in [2.75, 3.05) is 0 Å². The van der Waals surface area contributed by atoms with Crippen molar-refractivity contribution in [3.63, 3.8) is 0 Å². The van der Waals surface area contributed by atoms with Crippen LogP contribution in [0.5, 0.6) is 0 Å². The van der Waals surface area contributed by atoms with E-state index in [2.05, 4.69) is 5.32 Å². The number of rotatable bonds is 3. The summed E-state index contributed by atoms with van der Waals surface area (Å²) in [7, 11) is 0. The Bertz CT molecular complexity index is 423. The van der Waals surface area contributed by atoms with Crippen molar-refractivity contribution in [1.29, 1.82) is 0 Å². The molecule has 17 heavy (non-hydrogen) atoms. The van der Waals surface area contributed by atoms with Gasteiger partial charge in [-0.1, -0.05) is 12.8 Å². The first-order valence-corrected chi connectivity index (χ1v) is 7.27. The molecule has 2 aliphatic rings. The van der Waals surface area contributed by atoms with Gasteiger partial charge < -0.3 is 11.1 Å². The smallest absolute Gasteiger partial charge is 0.252 e. The molecule has 1 aromatic heterocycles. The van der Waals surface area contributed by atoms with Crippen molar-refractivity contribution >= 4 is 17.2 Å². The van der Waals surface area contributed by atoms with Crippen molar-refractivity contribution in [2.24, 2.45) is 5.73 Å². The molecule has 2 fully saturated rings. The number of amides is 1. The molecule has 0 saturated heterocycles. The molecule has 0 radical (unpaired) electrons. The van der Waals surface area contributed by atoms with Crippen LogP contribution in [0.4, 0.5) is 0 Å². The summed E-state index contributed by atoms with van der Waals surface area (Å²) in [5.74, 6) is 0.599. The summed E-state index contributed by atoms with van der Waals surface area (Å²) >= 11 is 1.67. The Morgan fingerprint density at radius 1 is 1.41 bits per heavy atom. The number of carbonyl (C=O) groups is 1. The summed E-state index contributed by atoms with van der Waals surface area (Å²) in [5, 5.41) is 5.08. The van der Waals surface area contributed by atoms with Gasteiger partial charge in [-0.15, -0.1) is 11.3 Å². The molecule has 1 amide bonds. The number of nitrogens with two attached hydrogens (primary N) is 1. The van der Waals surface area contributed by atoms with Gasteiger partial charge in [0.2, 0.25) is 0 Å². The molecule has 0 spiro atoms. The number of nitrogens with one attached hydrogen (secondary N) is 1. The Balaban J connectivity index is 1.62. The van der Waals surface area contributed by atoms with E-state index in [1.165, 1.54) is 17.7 Å². The van der Waals surface area contributed by atoms with Crippen LogP contribution in [0.25, 0.3) is 0 Å². The molecule has 0 aliphatic heterocycles.